The zero-order valence-electron chi connectivity index (χ0n) is 12.6. The first-order chi connectivity index (χ1) is 9.16. The maximum absolute atomic E-state index is 11.3. The van der Waals surface area contributed by atoms with Crippen molar-refractivity contribution in [2.75, 3.05) is 0 Å². The number of ketones is 1. The molecule has 19 heavy (non-hydrogen) atoms. The quantitative estimate of drug-likeness (QED) is 0.475. The van der Waals surface area contributed by atoms with Gasteiger partial charge < -0.3 is 0 Å². The van der Waals surface area contributed by atoms with Gasteiger partial charge in [-0.3, -0.25) is 4.79 Å². The minimum Gasteiger partial charge on any atom is -0.293 e. The predicted molar refractivity (Wildman–Crippen MR) is 77.4 cm³/mol. The van der Waals surface area contributed by atoms with Gasteiger partial charge in [0.25, 0.3) is 0 Å². The standard InChI is InChI=1S/C15H27N3O/c1-4-5-6-7-8-9-10-11-12-18-13(2)15(14(3)19)16-17-18/h4-12H2,1-3H3. The highest BCUT2D eigenvalue weighted by Crippen LogP contribution is 2.10. The number of unbranched alkanes of at least 4 members (excludes halogenated alkanes) is 7. The van der Waals surface area contributed by atoms with Crippen LogP contribution in [-0.2, 0) is 6.54 Å². The number of hydrogen-bond acceptors (Lipinski definition) is 3. The fraction of sp³-hybridized carbons (Fsp3) is 0.800. The summed E-state index contributed by atoms with van der Waals surface area (Å²) in [5.41, 5.74) is 1.41. The van der Waals surface area contributed by atoms with E-state index in [0.717, 1.165) is 18.7 Å². The van der Waals surface area contributed by atoms with Gasteiger partial charge in [-0.15, -0.1) is 5.10 Å². The lowest BCUT2D eigenvalue weighted by atomic mass is 10.1. The Kier molecular flexibility index (Phi) is 7.38. The SMILES string of the molecule is CCCCCCCCCCn1nnc(C(C)=O)c1C. The summed E-state index contributed by atoms with van der Waals surface area (Å²) < 4.78 is 1.85. The number of carbonyl (C=O) groups excluding carboxylic acids is 1. The van der Waals surface area contributed by atoms with E-state index in [2.05, 4.69) is 17.2 Å². The summed E-state index contributed by atoms with van der Waals surface area (Å²) in [6.45, 7) is 6.58. The minimum atomic E-state index is -0.000302. The molecule has 1 heterocycles. The summed E-state index contributed by atoms with van der Waals surface area (Å²) in [4.78, 5) is 11.3. The summed E-state index contributed by atoms with van der Waals surface area (Å²) >= 11 is 0. The van der Waals surface area contributed by atoms with E-state index in [4.69, 9.17) is 0 Å². The third-order valence-electron chi connectivity index (χ3n) is 3.54. The van der Waals surface area contributed by atoms with Crippen molar-refractivity contribution in [3.63, 3.8) is 0 Å². The largest absolute Gasteiger partial charge is 0.293 e. The van der Waals surface area contributed by atoms with E-state index in [1.807, 2.05) is 11.6 Å². The summed E-state index contributed by atoms with van der Waals surface area (Å²) in [5, 5.41) is 7.97. The van der Waals surface area contributed by atoms with Crippen LogP contribution in [0.2, 0.25) is 0 Å². The molecule has 0 amide bonds. The lowest BCUT2D eigenvalue weighted by Gasteiger charge is -2.04. The van der Waals surface area contributed by atoms with E-state index in [-0.39, 0.29) is 5.78 Å². The van der Waals surface area contributed by atoms with Gasteiger partial charge in [-0.05, 0) is 13.3 Å². The second-order valence-electron chi connectivity index (χ2n) is 5.28. The van der Waals surface area contributed by atoms with Crippen LogP contribution in [0.1, 0.15) is 81.4 Å². The molecule has 1 rings (SSSR count). The average molecular weight is 265 g/mol. The number of hydrogen-bond donors (Lipinski definition) is 0. The van der Waals surface area contributed by atoms with Crippen molar-refractivity contribution in [1.82, 2.24) is 15.0 Å². The molecule has 4 heteroatoms. The molecule has 1 aromatic rings. The van der Waals surface area contributed by atoms with Crippen LogP contribution in [0, 0.1) is 6.92 Å². The Morgan fingerprint density at radius 1 is 1.05 bits per heavy atom. The van der Waals surface area contributed by atoms with Gasteiger partial charge >= 0.3 is 0 Å². The topological polar surface area (TPSA) is 47.8 Å². The van der Waals surface area contributed by atoms with E-state index < -0.39 is 0 Å². The van der Waals surface area contributed by atoms with Crippen molar-refractivity contribution >= 4 is 5.78 Å². The van der Waals surface area contributed by atoms with Crippen molar-refractivity contribution in [2.24, 2.45) is 0 Å². The maximum Gasteiger partial charge on any atom is 0.181 e. The van der Waals surface area contributed by atoms with Crippen LogP contribution in [0.5, 0.6) is 0 Å². The Hall–Kier alpha value is -1.19. The van der Waals surface area contributed by atoms with E-state index in [0.29, 0.717) is 5.69 Å². The number of nitrogens with zero attached hydrogens (tertiary/aromatic N) is 3. The van der Waals surface area contributed by atoms with Gasteiger partial charge in [0.1, 0.15) is 0 Å². The molecule has 0 fully saturated rings. The van der Waals surface area contributed by atoms with Crippen LogP contribution in [-0.4, -0.2) is 20.8 Å². The lowest BCUT2D eigenvalue weighted by molar-refractivity contribution is 0.101. The van der Waals surface area contributed by atoms with Crippen LogP contribution in [0.3, 0.4) is 0 Å². The molecule has 108 valence electrons. The molecule has 0 bridgehead atoms. The number of aryl methyl sites for hydroxylation is 1. The van der Waals surface area contributed by atoms with Crippen LogP contribution in [0.4, 0.5) is 0 Å². The summed E-state index contributed by atoms with van der Waals surface area (Å²) in [6.07, 6.45) is 10.4. The normalized spacial score (nSPS) is 10.9. The summed E-state index contributed by atoms with van der Waals surface area (Å²) in [6, 6.07) is 0. The molecular weight excluding hydrogens is 238 g/mol. The van der Waals surface area contributed by atoms with E-state index >= 15 is 0 Å². The molecule has 0 unspecified atom stereocenters. The van der Waals surface area contributed by atoms with Gasteiger partial charge in [-0.1, -0.05) is 57.1 Å². The van der Waals surface area contributed by atoms with Crippen LogP contribution in [0.25, 0.3) is 0 Å². The molecule has 4 nitrogen and oxygen atoms in total. The minimum absolute atomic E-state index is 0.000302. The van der Waals surface area contributed by atoms with Crippen molar-refractivity contribution in [1.29, 1.82) is 0 Å². The zero-order chi connectivity index (χ0) is 14.1. The predicted octanol–water partition coefficient (Wildman–Crippen LogP) is 3.93. The van der Waals surface area contributed by atoms with Gasteiger partial charge in [-0.2, -0.15) is 0 Å². The summed E-state index contributed by atoms with van der Waals surface area (Å²) in [7, 11) is 0. The highest BCUT2D eigenvalue weighted by Gasteiger charge is 2.11. The Balaban J connectivity index is 2.14. The monoisotopic (exact) mass is 265 g/mol. The molecule has 1 aromatic heterocycles. The molecule has 0 spiro atoms. The van der Waals surface area contributed by atoms with Gasteiger partial charge in [0.05, 0.1) is 5.69 Å². The van der Waals surface area contributed by atoms with E-state index in [9.17, 15) is 4.79 Å². The van der Waals surface area contributed by atoms with Gasteiger partial charge in [-0.25, -0.2) is 4.68 Å². The number of rotatable bonds is 10. The van der Waals surface area contributed by atoms with Crippen LogP contribution in [0.15, 0.2) is 0 Å². The van der Waals surface area contributed by atoms with Crippen molar-refractivity contribution in [3.05, 3.63) is 11.4 Å². The molecule has 0 saturated carbocycles. The lowest BCUT2D eigenvalue weighted by Crippen LogP contribution is -2.04. The van der Waals surface area contributed by atoms with Crippen LogP contribution < -0.4 is 0 Å². The third-order valence-corrected chi connectivity index (χ3v) is 3.54. The first kappa shape index (κ1) is 15.9. The van der Waals surface area contributed by atoms with Crippen LogP contribution >= 0.6 is 0 Å². The van der Waals surface area contributed by atoms with Gasteiger partial charge in [0.15, 0.2) is 11.5 Å². The maximum atomic E-state index is 11.3. The molecule has 0 radical (unpaired) electrons. The second kappa shape index (κ2) is 8.83. The average Bonchev–Trinajstić information content (AvgIpc) is 2.74. The molecule has 0 N–H and O–H groups in total. The zero-order valence-corrected chi connectivity index (χ0v) is 12.6. The second-order valence-corrected chi connectivity index (χ2v) is 5.28. The van der Waals surface area contributed by atoms with Gasteiger partial charge in [0.2, 0.25) is 0 Å². The number of Topliss-reactive ketones (excluding diaryl/α,β-unsaturated/α-hetero) is 1. The molecule has 0 aromatic carbocycles. The van der Waals surface area contributed by atoms with Crippen molar-refractivity contribution in [3.8, 4) is 0 Å². The number of aromatic nitrogens is 3. The first-order valence-corrected chi connectivity index (χ1v) is 7.57. The molecule has 0 saturated heterocycles. The molecule has 0 aliphatic rings. The third kappa shape index (κ3) is 5.53. The van der Waals surface area contributed by atoms with E-state index in [1.54, 1.807) is 0 Å². The van der Waals surface area contributed by atoms with Crippen molar-refractivity contribution < 1.29 is 4.79 Å². The fourth-order valence-electron chi connectivity index (χ4n) is 2.29. The number of carbonyl (C=O) groups is 1. The Morgan fingerprint density at radius 2 is 1.63 bits per heavy atom. The molecule has 0 aliphatic heterocycles. The molecular formula is C15H27N3O. The van der Waals surface area contributed by atoms with E-state index in [1.165, 1.54) is 51.9 Å². The Bertz CT molecular complexity index is 385. The highest BCUT2D eigenvalue weighted by molar-refractivity contribution is 5.92. The molecule has 0 atom stereocenters. The summed E-state index contributed by atoms with van der Waals surface area (Å²) in [5.74, 6) is -0.000302. The van der Waals surface area contributed by atoms with Gasteiger partial charge in [0, 0.05) is 13.5 Å². The fourth-order valence-corrected chi connectivity index (χ4v) is 2.29. The highest BCUT2D eigenvalue weighted by atomic mass is 16.1. The first-order valence-electron chi connectivity index (χ1n) is 7.57. The Morgan fingerprint density at radius 3 is 2.16 bits per heavy atom. The van der Waals surface area contributed by atoms with Crippen molar-refractivity contribution in [2.45, 2.75) is 78.7 Å². The Labute approximate surface area is 116 Å². The smallest absolute Gasteiger partial charge is 0.181 e. The molecule has 0 aliphatic carbocycles.